The molecule has 1 aromatic heterocycles. The third-order valence-electron chi connectivity index (χ3n) is 3.26. The molecule has 0 aliphatic heterocycles. The summed E-state index contributed by atoms with van der Waals surface area (Å²) in [6.07, 6.45) is 0. The molecule has 0 bridgehead atoms. The number of hydrogen-bond acceptors (Lipinski definition) is 6. The first-order chi connectivity index (χ1) is 10.5. The number of nitrogens with zero attached hydrogens (tertiary/aromatic N) is 2. The molecule has 0 saturated heterocycles. The van der Waals surface area contributed by atoms with Gasteiger partial charge in [0.1, 0.15) is 11.5 Å². The molecule has 0 unspecified atom stereocenters. The van der Waals surface area contributed by atoms with Gasteiger partial charge in [-0.15, -0.1) is 10.2 Å². The highest BCUT2D eigenvalue weighted by Crippen LogP contribution is 2.35. The summed E-state index contributed by atoms with van der Waals surface area (Å²) < 4.78 is 0. The minimum Gasteiger partial charge on any atom is -0.508 e. The van der Waals surface area contributed by atoms with E-state index in [1.807, 2.05) is 26.0 Å². The fraction of sp³-hybridized carbons (Fsp3) is 0.125. The van der Waals surface area contributed by atoms with Crippen LogP contribution in [0.25, 0.3) is 10.6 Å². The summed E-state index contributed by atoms with van der Waals surface area (Å²) >= 11 is 1.34. The minimum absolute atomic E-state index is 0.0133. The maximum absolute atomic E-state index is 9.88. The van der Waals surface area contributed by atoms with E-state index in [1.165, 1.54) is 29.0 Å². The third-order valence-corrected chi connectivity index (χ3v) is 4.13. The Bertz CT molecular complexity index is 830. The van der Waals surface area contributed by atoms with Gasteiger partial charge in [0, 0.05) is 11.8 Å². The first-order valence-electron chi connectivity index (χ1n) is 6.73. The summed E-state index contributed by atoms with van der Waals surface area (Å²) in [5.41, 5.74) is 3.85. The molecule has 3 N–H and O–H groups in total. The number of aromatic nitrogens is 2. The van der Waals surface area contributed by atoms with Crippen molar-refractivity contribution in [2.45, 2.75) is 13.8 Å². The Morgan fingerprint density at radius 2 is 1.82 bits per heavy atom. The van der Waals surface area contributed by atoms with Gasteiger partial charge in [0.15, 0.2) is 5.01 Å². The first-order valence-corrected chi connectivity index (χ1v) is 7.55. The molecule has 0 spiro atoms. The molecule has 2 aromatic carbocycles. The minimum atomic E-state index is -0.0192. The molecule has 0 aliphatic rings. The molecule has 22 heavy (non-hydrogen) atoms. The average Bonchev–Trinajstić information content (AvgIpc) is 2.90. The lowest BCUT2D eigenvalue weighted by Crippen LogP contribution is -1.92. The van der Waals surface area contributed by atoms with Crippen LogP contribution in [0.5, 0.6) is 11.5 Å². The number of hydrogen-bond donors (Lipinski definition) is 3. The lowest BCUT2D eigenvalue weighted by atomic mass is 10.1. The highest BCUT2D eigenvalue weighted by atomic mass is 32.1. The SMILES string of the molecule is Cc1ccc(Nc2nnc(-c3ccc(O)cc3O)s2)c(C)c1. The van der Waals surface area contributed by atoms with Gasteiger partial charge in [-0.3, -0.25) is 0 Å². The number of benzene rings is 2. The molecular formula is C16H15N3O2S. The van der Waals surface area contributed by atoms with Crippen LogP contribution in [-0.2, 0) is 0 Å². The van der Waals surface area contributed by atoms with Crippen molar-refractivity contribution in [2.24, 2.45) is 0 Å². The van der Waals surface area contributed by atoms with E-state index in [0.29, 0.717) is 15.7 Å². The largest absolute Gasteiger partial charge is 0.508 e. The lowest BCUT2D eigenvalue weighted by Gasteiger charge is -2.06. The molecule has 112 valence electrons. The van der Waals surface area contributed by atoms with Gasteiger partial charge in [0.2, 0.25) is 5.13 Å². The van der Waals surface area contributed by atoms with Crippen LogP contribution in [0.1, 0.15) is 11.1 Å². The average molecular weight is 313 g/mol. The molecule has 0 saturated carbocycles. The van der Waals surface area contributed by atoms with Gasteiger partial charge in [-0.25, -0.2) is 0 Å². The standard InChI is InChI=1S/C16H15N3O2S/c1-9-3-6-13(10(2)7-9)17-16-19-18-15(22-16)12-5-4-11(20)8-14(12)21/h3-8,20-21H,1-2H3,(H,17,19). The van der Waals surface area contributed by atoms with Crippen molar-refractivity contribution in [3.63, 3.8) is 0 Å². The number of nitrogens with one attached hydrogen (secondary N) is 1. The molecule has 3 rings (SSSR count). The number of phenols is 2. The van der Waals surface area contributed by atoms with Crippen molar-refractivity contribution in [3.05, 3.63) is 47.5 Å². The van der Waals surface area contributed by atoms with E-state index in [4.69, 9.17) is 0 Å². The summed E-state index contributed by atoms with van der Waals surface area (Å²) in [5, 5.41) is 31.9. The Morgan fingerprint density at radius 3 is 2.55 bits per heavy atom. The van der Waals surface area contributed by atoms with E-state index < -0.39 is 0 Å². The van der Waals surface area contributed by atoms with Gasteiger partial charge in [0.25, 0.3) is 0 Å². The predicted octanol–water partition coefficient (Wildman–Crippen LogP) is 3.98. The van der Waals surface area contributed by atoms with Gasteiger partial charge < -0.3 is 15.5 Å². The Hall–Kier alpha value is -2.60. The predicted molar refractivity (Wildman–Crippen MR) is 87.9 cm³/mol. The van der Waals surface area contributed by atoms with Crippen LogP contribution in [0.4, 0.5) is 10.8 Å². The van der Waals surface area contributed by atoms with Gasteiger partial charge in [-0.1, -0.05) is 29.0 Å². The molecule has 0 fully saturated rings. The smallest absolute Gasteiger partial charge is 0.210 e. The topological polar surface area (TPSA) is 78.3 Å². The Labute approximate surface area is 131 Å². The van der Waals surface area contributed by atoms with E-state index in [-0.39, 0.29) is 11.5 Å². The van der Waals surface area contributed by atoms with E-state index in [2.05, 4.69) is 21.6 Å². The quantitative estimate of drug-likeness (QED) is 0.682. The van der Waals surface area contributed by atoms with Crippen molar-refractivity contribution in [2.75, 3.05) is 5.32 Å². The normalized spacial score (nSPS) is 10.6. The van der Waals surface area contributed by atoms with Crippen LogP contribution in [0, 0.1) is 13.8 Å². The second-order valence-electron chi connectivity index (χ2n) is 5.06. The number of phenolic OH excluding ortho intramolecular Hbond substituents is 2. The van der Waals surface area contributed by atoms with Crippen molar-refractivity contribution in [1.29, 1.82) is 0 Å². The zero-order valence-electron chi connectivity index (χ0n) is 12.2. The molecule has 6 heteroatoms. The highest BCUT2D eigenvalue weighted by Gasteiger charge is 2.12. The van der Waals surface area contributed by atoms with Crippen molar-refractivity contribution in [1.82, 2.24) is 10.2 Å². The summed E-state index contributed by atoms with van der Waals surface area (Å²) in [6, 6.07) is 10.5. The van der Waals surface area contributed by atoms with Crippen LogP contribution in [0.3, 0.4) is 0 Å². The van der Waals surface area contributed by atoms with Crippen LogP contribution < -0.4 is 5.32 Å². The lowest BCUT2D eigenvalue weighted by molar-refractivity contribution is 0.452. The Morgan fingerprint density at radius 1 is 1.00 bits per heavy atom. The van der Waals surface area contributed by atoms with E-state index >= 15 is 0 Å². The van der Waals surface area contributed by atoms with Gasteiger partial charge >= 0.3 is 0 Å². The molecule has 0 amide bonds. The molecular weight excluding hydrogens is 298 g/mol. The maximum Gasteiger partial charge on any atom is 0.210 e. The Balaban J connectivity index is 1.87. The third kappa shape index (κ3) is 2.87. The summed E-state index contributed by atoms with van der Waals surface area (Å²) in [4.78, 5) is 0. The fourth-order valence-corrected chi connectivity index (χ4v) is 2.94. The summed E-state index contributed by atoms with van der Waals surface area (Å²) in [6.45, 7) is 4.08. The van der Waals surface area contributed by atoms with Crippen molar-refractivity contribution in [3.8, 4) is 22.1 Å². The zero-order chi connectivity index (χ0) is 15.7. The highest BCUT2D eigenvalue weighted by molar-refractivity contribution is 7.18. The van der Waals surface area contributed by atoms with E-state index in [0.717, 1.165) is 11.3 Å². The van der Waals surface area contributed by atoms with Crippen LogP contribution in [0.2, 0.25) is 0 Å². The van der Waals surface area contributed by atoms with Gasteiger partial charge in [0.05, 0.1) is 5.56 Å². The number of anilines is 2. The van der Waals surface area contributed by atoms with E-state index in [9.17, 15) is 10.2 Å². The summed E-state index contributed by atoms with van der Waals surface area (Å²) in [7, 11) is 0. The van der Waals surface area contributed by atoms with E-state index in [1.54, 1.807) is 6.07 Å². The second kappa shape index (κ2) is 5.65. The first kappa shape index (κ1) is 14.3. The van der Waals surface area contributed by atoms with Gasteiger partial charge in [-0.05, 0) is 37.6 Å². The van der Waals surface area contributed by atoms with Crippen molar-refractivity contribution >= 4 is 22.2 Å². The molecule has 0 aliphatic carbocycles. The number of aromatic hydroxyl groups is 2. The fourth-order valence-electron chi connectivity index (χ4n) is 2.15. The number of rotatable bonds is 3. The molecule has 5 nitrogen and oxygen atoms in total. The molecule has 3 aromatic rings. The maximum atomic E-state index is 9.88. The second-order valence-corrected chi connectivity index (χ2v) is 6.03. The van der Waals surface area contributed by atoms with Gasteiger partial charge in [-0.2, -0.15) is 0 Å². The molecule has 1 heterocycles. The zero-order valence-corrected chi connectivity index (χ0v) is 13.0. The molecule has 0 radical (unpaired) electrons. The summed E-state index contributed by atoms with van der Waals surface area (Å²) in [5.74, 6) is -0.00592. The monoisotopic (exact) mass is 313 g/mol. The van der Waals surface area contributed by atoms with Crippen LogP contribution in [0.15, 0.2) is 36.4 Å². The Kier molecular flexibility index (Phi) is 3.68. The number of aryl methyl sites for hydroxylation is 2. The van der Waals surface area contributed by atoms with Crippen LogP contribution in [-0.4, -0.2) is 20.4 Å². The molecule has 0 atom stereocenters. The van der Waals surface area contributed by atoms with Crippen molar-refractivity contribution < 1.29 is 10.2 Å². The van der Waals surface area contributed by atoms with Crippen LogP contribution >= 0.6 is 11.3 Å².